The van der Waals surface area contributed by atoms with Crippen molar-refractivity contribution in [1.29, 1.82) is 0 Å². The molecule has 6 heteroatoms. The molecule has 1 aliphatic heterocycles. The summed E-state index contributed by atoms with van der Waals surface area (Å²) in [6, 6.07) is 14.9. The van der Waals surface area contributed by atoms with E-state index in [1.807, 2.05) is 42.5 Å². The Morgan fingerprint density at radius 2 is 1.74 bits per heavy atom. The first-order valence-corrected chi connectivity index (χ1v) is 11.8. The van der Waals surface area contributed by atoms with E-state index in [0.29, 0.717) is 6.04 Å². The molecule has 2 heterocycles. The fraction of sp³-hybridized carbons (Fsp3) is 0.560. The fourth-order valence-corrected chi connectivity index (χ4v) is 4.83. The van der Waals surface area contributed by atoms with Crippen LogP contribution in [0.4, 0.5) is 5.82 Å². The van der Waals surface area contributed by atoms with E-state index >= 15 is 0 Å². The molecule has 2 fully saturated rings. The molecule has 2 aromatic rings. The molecule has 6 nitrogen and oxygen atoms in total. The van der Waals surface area contributed by atoms with Gasteiger partial charge in [-0.1, -0.05) is 49.6 Å². The summed E-state index contributed by atoms with van der Waals surface area (Å²) < 4.78 is 0. The first-order chi connectivity index (χ1) is 15.2. The van der Waals surface area contributed by atoms with Gasteiger partial charge in [-0.3, -0.25) is 4.79 Å². The predicted octanol–water partition coefficient (Wildman–Crippen LogP) is 3.74. The predicted molar refractivity (Wildman–Crippen MR) is 125 cm³/mol. The van der Waals surface area contributed by atoms with Gasteiger partial charge in [-0.15, -0.1) is 10.2 Å². The highest BCUT2D eigenvalue weighted by atomic mass is 16.1. The zero-order valence-electron chi connectivity index (χ0n) is 18.7. The number of nitrogens with zero attached hydrogens (tertiary/aromatic N) is 4. The van der Waals surface area contributed by atoms with Gasteiger partial charge in [-0.25, -0.2) is 0 Å². The number of aromatic nitrogens is 2. The quantitative estimate of drug-likeness (QED) is 0.738. The Balaban J connectivity index is 1.20. The van der Waals surface area contributed by atoms with Crippen molar-refractivity contribution in [3.63, 3.8) is 0 Å². The molecule has 31 heavy (non-hydrogen) atoms. The Bertz CT molecular complexity index is 812. The third-order valence-corrected chi connectivity index (χ3v) is 6.87. The van der Waals surface area contributed by atoms with Gasteiger partial charge < -0.3 is 15.1 Å². The summed E-state index contributed by atoms with van der Waals surface area (Å²) in [5.41, 5.74) is 1.96. The second-order valence-corrected chi connectivity index (χ2v) is 8.97. The third kappa shape index (κ3) is 5.82. The summed E-state index contributed by atoms with van der Waals surface area (Å²) in [5.74, 6) is 1.21. The highest BCUT2D eigenvalue weighted by molar-refractivity contribution is 5.79. The van der Waals surface area contributed by atoms with E-state index in [4.69, 9.17) is 0 Å². The molecule has 1 aromatic carbocycles. The molecule has 0 unspecified atom stereocenters. The Morgan fingerprint density at radius 1 is 1.00 bits per heavy atom. The van der Waals surface area contributed by atoms with E-state index in [1.54, 1.807) is 0 Å². The number of nitrogens with one attached hydrogen (secondary N) is 1. The van der Waals surface area contributed by atoms with Crippen molar-refractivity contribution < 1.29 is 4.79 Å². The SMILES string of the molecule is CN(CCNC(=O)C1CCN(c2ccc(-c3ccccc3)nn2)CC1)C1CCCCC1. The normalized spacial score (nSPS) is 18.3. The highest BCUT2D eigenvalue weighted by Gasteiger charge is 2.26. The second-order valence-electron chi connectivity index (χ2n) is 8.97. The highest BCUT2D eigenvalue weighted by Crippen LogP contribution is 2.24. The molecule has 1 saturated heterocycles. The molecule has 1 aromatic heterocycles. The molecule has 1 amide bonds. The number of hydrogen-bond donors (Lipinski definition) is 1. The van der Waals surface area contributed by atoms with Gasteiger partial charge in [0.05, 0.1) is 5.69 Å². The summed E-state index contributed by atoms with van der Waals surface area (Å²) in [6.07, 6.45) is 8.41. The Kier molecular flexibility index (Phi) is 7.52. The minimum Gasteiger partial charge on any atom is -0.355 e. The van der Waals surface area contributed by atoms with Crippen LogP contribution in [0.2, 0.25) is 0 Å². The van der Waals surface area contributed by atoms with Crippen molar-refractivity contribution in [3.8, 4) is 11.3 Å². The molecule has 0 bridgehead atoms. The summed E-state index contributed by atoms with van der Waals surface area (Å²) in [4.78, 5) is 17.3. The van der Waals surface area contributed by atoms with Crippen molar-refractivity contribution in [1.82, 2.24) is 20.4 Å². The first kappa shape index (κ1) is 21.8. The number of piperidine rings is 1. The zero-order chi connectivity index (χ0) is 21.5. The van der Waals surface area contributed by atoms with Gasteiger partial charge in [-0.05, 0) is 44.9 Å². The smallest absolute Gasteiger partial charge is 0.223 e. The fourth-order valence-electron chi connectivity index (χ4n) is 4.83. The van der Waals surface area contributed by atoms with Crippen LogP contribution in [0.5, 0.6) is 0 Å². The average molecular weight is 422 g/mol. The van der Waals surface area contributed by atoms with Gasteiger partial charge in [0.2, 0.25) is 5.91 Å². The van der Waals surface area contributed by atoms with E-state index in [-0.39, 0.29) is 11.8 Å². The number of carbonyl (C=O) groups excluding carboxylic acids is 1. The van der Waals surface area contributed by atoms with Crippen LogP contribution in [-0.4, -0.2) is 60.3 Å². The van der Waals surface area contributed by atoms with E-state index in [0.717, 1.165) is 56.1 Å². The Morgan fingerprint density at radius 3 is 2.42 bits per heavy atom. The molecule has 4 rings (SSSR count). The molecule has 0 radical (unpaired) electrons. The van der Waals surface area contributed by atoms with Gasteiger partial charge in [0, 0.05) is 43.7 Å². The number of benzene rings is 1. The maximum atomic E-state index is 12.6. The largest absolute Gasteiger partial charge is 0.355 e. The van der Waals surface area contributed by atoms with Gasteiger partial charge >= 0.3 is 0 Å². The summed E-state index contributed by atoms with van der Waals surface area (Å²) in [7, 11) is 2.20. The lowest BCUT2D eigenvalue weighted by atomic mass is 9.94. The van der Waals surface area contributed by atoms with Crippen molar-refractivity contribution in [2.24, 2.45) is 5.92 Å². The second kappa shape index (κ2) is 10.7. The molecule has 1 saturated carbocycles. The van der Waals surface area contributed by atoms with Gasteiger partial charge in [0.25, 0.3) is 0 Å². The lowest BCUT2D eigenvalue weighted by Gasteiger charge is -2.33. The van der Waals surface area contributed by atoms with Crippen LogP contribution in [0.15, 0.2) is 42.5 Å². The minimum atomic E-state index is 0.104. The van der Waals surface area contributed by atoms with Crippen LogP contribution in [0.1, 0.15) is 44.9 Å². The van der Waals surface area contributed by atoms with Crippen molar-refractivity contribution in [2.75, 3.05) is 38.1 Å². The van der Waals surface area contributed by atoms with Crippen molar-refractivity contribution >= 4 is 11.7 Å². The number of rotatable bonds is 7. The van der Waals surface area contributed by atoms with Gasteiger partial charge in [0.1, 0.15) is 0 Å². The average Bonchev–Trinajstić information content (AvgIpc) is 2.85. The van der Waals surface area contributed by atoms with Crippen molar-refractivity contribution in [2.45, 2.75) is 51.0 Å². The van der Waals surface area contributed by atoms with Gasteiger partial charge in [-0.2, -0.15) is 0 Å². The minimum absolute atomic E-state index is 0.104. The van der Waals surface area contributed by atoms with Crippen LogP contribution >= 0.6 is 0 Å². The monoisotopic (exact) mass is 421 g/mol. The van der Waals surface area contributed by atoms with E-state index < -0.39 is 0 Å². The molecule has 0 atom stereocenters. The van der Waals surface area contributed by atoms with E-state index in [1.165, 1.54) is 32.1 Å². The Hall–Kier alpha value is -2.47. The van der Waals surface area contributed by atoms with Crippen LogP contribution in [0.3, 0.4) is 0 Å². The maximum absolute atomic E-state index is 12.6. The molecular formula is C25H35N5O. The number of carbonyl (C=O) groups is 1. The third-order valence-electron chi connectivity index (χ3n) is 6.87. The zero-order valence-corrected chi connectivity index (χ0v) is 18.7. The topological polar surface area (TPSA) is 61.4 Å². The van der Waals surface area contributed by atoms with Gasteiger partial charge in [0.15, 0.2) is 5.82 Å². The van der Waals surface area contributed by atoms with E-state index in [9.17, 15) is 4.79 Å². The summed E-state index contributed by atoms with van der Waals surface area (Å²) in [6.45, 7) is 3.38. The summed E-state index contributed by atoms with van der Waals surface area (Å²) >= 11 is 0. The molecule has 2 aliphatic rings. The molecule has 1 N–H and O–H groups in total. The van der Waals surface area contributed by atoms with Crippen molar-refractivity contribution in [3.05, 3.63) is 42.5 Å². The van der Waals surface area contributed by atoms with E-state index in [2.05, 4.69) is 32.4 Å². The van der Waals surface area contributed by atoms with Crippen LogP contribution in [0, 0.1) is 5.92 Å². The van der Waals surface area contributed by atoms with Crippen LogP contribution in [0.25, 0.3) is 11.3 Å². The number of anilines is 1. The van der Waals surface area contributed by atoms with Crippen LogP contribution < -0.4 is 10.2 Å². The number of likely N-dealkylation sites (N-methyl/N-ethyl adjacent to an activating group) is 1. The number of amides is 1. The van der Waals surface area contributed by atoms with Crippen LogP contribution in [-0.2, 0) is 4.79 Å². The molecular weight excluding hydrogens is 386 g/mol. The number of hydrogen-bond acceptors (Lipinski definition) is 5. The Labute approximate surface area is 186 Å². The maximum Gasteiger partial charge on any atom is 0.223 e. The molecule has 166 valence electrons. The first-order valence-electron chi connectivity index (χ1n) is 11.8. The standard InChI is InChI=1S/C25H35N5O/c1-29(22-10-6-3-7-11-22)19-16-26-25(31)21-14-17-30(18-15-21)24-13-12-23(27-28-24)20-8-4-2-5-9-20/h2,4-5,8-9,12-13,21-22H,3,6-7,10-11,14-19H2,1H3,(H,26,31). The summed E-state index contributed by atoms with van der Waals surface area (Å²) in [5, 5.41) is 12.0. The molecule has 1 aliphatic carbocycles. The molecule has 0 spiro atoms. The lowest BCUT2D eigenvalue weighted by Crippen LogP contribution is -2.44. The lowest BCUT2D eigenvalue weighted by molar-refractivity contribution is -0.125.